The molecular weight excluding hydrogens is 548 g/mol. The summed E-state index contributed by atoms with van der Waals surface area (Å²) in [6.45, 7) is 2.49. The molecule has 2 aromatic carbocycles. The predicted molar refractivity (Wildman–Crippen MR) is 152 cm³/mol. The highest BCUT2D eigenvalue weighted by molar-refractivity contribution is 6.01. The van der Waals surface area contributed by atoms with Crippen molar-refractivity contribution in [2.75, 3.05) is 39.9 Å². The maximum absolute atomic E-state index is 12.8. The molecule has 42 heavy (non-hydrogen) atoms. The molecule has 0 aliphatic carbocycles. The number of anilines is 1. The maximum Gasteiger partial charge on any atom is 0.334 e. The Morgan fingerprint density at radius 3 is 1.76 bits per heavy atom. The van der Waals surface area contributed by atoms with Gasteiger partial charge in [-0.05, 0) is 41.8 Å². The van der Waals surface area contributed by atoms with Gasteiger partial charge in [0.1, 0.15) is 11.5 Å². The van der Waals surface area contributed by atoms with Crippen LogP contribution >= 0.6 is 0 Å². The number of ether oxygens (including phenoxy) is 5. The Balaban J connectivity index is 2.26. The highest BCUT2D eigenvalue weighted by atomic mass is 16.6. The number of nitro groups is 1. The minimum absolute atomic E-state index is 0.152. The van der Waals surface area contributed by atoms with E-state index in [1.807, 2.05) is 31.2 Å². The molecule has 0 unspecified atom stereocenters. The van der Waals surface area contributed by atoms with Crippen molar-refractivity contribution >= 4 is 23.4 Å². The lowest BCUT2D eigenvalue weighted by atomic mass is 10.0. The van der Waals surface area contributed by atoms with Crippen LogP contribution < -0.4 is 19.1 Å². The average molecular weight is 583 g/mol. The fourth-order valence-corrected chi connectivity index (χ4v) is 4.07. The summed E-state index contributed by atoms with van der Waals surface area (Å²) >= 11 is 0. The number of carbonyl (C=O) groups is 2. The molecule has 3 aromatic rings. The van der Waals surface area contributed by atoms with Crippen molar-refractivity contribution in [1.82, 2.24) is 9.97 Å². The molecule has 0 fully saturated rings. The van der Waals surface area contributed by atoms with Crippen molar-refractivity contribution in [2.45, 2.75) is 38.8 Å². The Kier molecular flexibility index (Phi) is 11.4. The van der Waals surface area contributed by atoms with Crippen molar-refractivity contribution in [3.05, 3.63) is 75.5 Å². The number of carbonyl (C=O) groups excluding carboxylic acids is 2. The Morgan fingerprint density at radius 2 is 1.36 bits per heavy atom. The van der Waals surface area contributed by atoms with Gasteiger partial charge in [-0.25, -0.2) is 0 Å². The van der Waals surface area contributed by atoms with Crippen LogP contribution in [0.5, 0.6) is 17.5 Å². The molecule has 3 rings (SSSR count). The van der Waals surface area contributed by atoms with Crippen LogP contribution in [0.2, 0.25) is 0 Å². The van der Waals surface area contributed by atoms with E-state index in [1.54, 1.807) is 43.4 Å². The van der Waals surface area contributed by atoms with E-state index in [2.05, 4.69) is 9.97 Å². The van der Waals surface area contributed by atoms with E-state index < -0.39 is 34.2 Å². The van der Waals surface area contributed by atoms with Gasteiger partial charge < -0.3 is 28.6 Å². The first-order chi connectivity index (χ1) is 20.3. The second kappa shape index (κ2) is 15.2. The molecule has 0 saturated carbocycles. The number of nitrogens with zero attached hydrogens (tertiary/aromatic N) is 4. The van der Waals surface area contributed by atoms with Crippen LogP contribution in [0.1, 0.15) is 42.5 Å². The molecule has 13 heteroatoms. The Bertz CT molecular complexity index is 1300. The van der Waals surface area contributed by atoms with Crippen LogP contribution in [0.15, 0.2) is 48.5 Å². The van der Waals surface area contributed by atoms with Gasteiger partial charge in [-0.2, -0.15) is 9.97 Å². The quantitative estimate of drug-likeness (QED) is 0.0829. The third kappa shape index (κ3) is 7.83. The molecule has 0 spiro atoms. The molecular formula is C29H34N4O9. The van der Waals surface area contributed by atoms with Crippen molar-refractivity contribution in [2.24, 2.45) is 0 Å². The van der Waals surface area contributed by atoms with Gasteiger partial charge in [0.25, 0.3) is 0 Å². The van der Waals surface area contributed by atoms with Gasteiger partial charge in [0.05, 0.1) is 40.0 Å². The first kappa shape index (κ1) is 31.6. The average Bonchev–Trinajstić information content (AvgIpc) is 3.01. The fourth-order valence-electron chi connectivity index (χ4n) is 4.07. The second-order valence-corrected chi connectivity index (χ2v) is 9.05. The summed E-state index contributed by atoms with van der Waals surface area (Å²) in [5, 5.41) is 12.6. The highest BCUT2D eigenvalue weighted by Crippen LogP contribution is 2.38. The number of rotatable bonds is 15. The lowest BCUT2D eigenvalue weighted by molar-refractivity contribution is -0.385. The number of aromatic nitrogens is 2. The van der Waals surface area contributed by atoms with E-state index in [0.717, 1.165) is 31.8 Å². The van der Waals surface area contributed by atoms with Crippen molar-refractivity contribution in [3.8, 4) is 17.5 Å². The lowest BCUT2D eigenvalue weighted by Crippen LogP contribution is -2.29. The van der Waals surface area contributed by atoms with Crippen molar-refractivity contribution < 1.29 is 38.2 Å². The van der Waals surface area contributed by atoms with Gasteiger partial charge in [0.2, 0.25) is 11.7 Å². The van der Waals surface area contributed by atoms with Crippen LogP contribution in [0.3, 0.4) is 0 Å². The maximum atomic E-state index is 12.8. The van der Waals surface area contributed by atoms with Crippen LogP contribution in [0, 0.1) is 10.1 Å². The summed E-state index contributed by atoms with van der Waals surface area (Å²) in [6.07, 6.45) is 1.46. The standard InChI is InChI=1S/C29H34N4O9/c1-6-7-16-42-29-30-24(23(27(34)40-4)28(35)41-5)25(33(36)37)26(31-29)32(17-19-8-12-21(38-2)13-9-19)18-20-10-14-22(39-3)15-11-20/h8-15,23H,6-7,16-18H2,1-5H3. The number of unbranched alkanes of at least 4 members (excludes halogenated alkanes) is 1. The van der Waals surface area contributed by atoms with Crippen LogP contribution in [-0.2, 0) is 32.2 Å². The number of methoxy groups -OCH3 is 4. The molecule has 0 bridgehead atoms. The van der Waals surface area contributed by atoms with Gasteiger partial charge in [0, 0.05) is 13.1 Å². The summed E-state index contributed by atoms with van der Waals surface area (Å²) in [5.41, 5.74) is 0.416. The summed E-state index contributed by atoms with van der Waals surface area (Å²) in [6, 6.07) is 14.1. The van der Waals surface area contributed by atoms with Crippen molar-refractivity contribution in [3.63, 3.8) is 0 Å². The molecule has 1 aromatic heterocycles. The Labute approximate surface area is 243 Å². The van der Waals surface area contributed by atoms with Gasteiger partial charge in [-0.15, -0.1) is 0 Å². The molecule has 0 amide bonds. The number of hydrogen-bond donors (Lipinski definition) is 0. The molecule has 0 radical (unpaired) electrons. The van der Waals surface area contributed by atoms with E-state index >= 15 is 0 Å². The molecule has 13 nitrogen and oxygen atoms in total. The lowest BCUT2D eigenvalue weighted by Gasteiger charge is -2.25. The van der Waals surface area contributed by atoms with E-state index in [4.69, 9.17) is 23.7 Å². The van der Waals surface area contributed by atoms with Gasteiger partial charge in [-0.3, -0.25) is 19.7 Å². The summed E-state index contributed by atoms with van der Waals surface area (Å²) in [7, 11) is 5.22. The fraction of sp³-hybridized carbons (Fsp3) is 0.379. The number of benzene rings is 2. The molecule has 0 aliphatic rings. The summed E-state index contributed by atoms with van der Waals surface area (Å²) in [4.78, 5) is 47.7. The highest BCUT2D eigenvalue weighted by Gasteiger charge is 2.42. The summed E-state index contributed by atoms with van der Waals surface area (Å²) in [5.74, 6) is -2.87. The number of esters is 2. The first-order valence-electron chi connectivity index (χ1n) is 13.1. The predicted octanol–water partition coefficient (Wildman–Crippen LogP) is 4.22. The van der Waals surface area contributed by atoms with Crippen LogP contribution in [-0.4, -0.2) is 61.9 Å². The monoisotopic (exact) mass is 582 g/mol. The molecule has 224 valence electrons. The van der Waals surface area contributed by atoms with Crippen molar-refractivity contribution in [1.29, 1.82) is 0 Å². The molecule has 0 atom stereocenters. The van der Waals surface area contributed by atoms with E-state index in [1.165, 1.54) is 0 Å². The minimum Gasteiger partial charge on any atom is -0.497 e. The Morgan fingerprint density at radius 1 is 0.857 bits per heavy atom. The molecule has 0 aliphatic heterocycles. The minimum atomic E-state index is -1.85. The second-order valence-electron chi connectivity index (χ2n) is 9.05. The summed E-state index contributed by atoms with van der Waals surface area (Å²) < 4.78 is 25.9. The van der Waals surface area contributed by atoms with Gasteiger partial charge in [-0.1, -0.05) is 37.6 Å². The first-order valence-corrected chi connectivity index (χ1v) is 13.1. The number of hydrogen-bond acceptors (Lipinski definition) is 12. The topological polar surface area (TPSA) is 152 Å². The zero-order chi connectivity index (χ0) is 30.6. The van der Waals surface area contributed by atoms with E-state index in [9.17, 15) is 19.7 Å². The SMILES string of the molecule is CCCCOc1nc(C(C(=O)OC)C(=O)OC)c([N+](=O)[O-])c(N(Cc2ccc(OC)cc2)Cc2ccc(OC)cc2)n1. The van der Waals surface area contributed by atoms with E-state index in [-0.39, 0.29) is 31.5 Å². The van der Waals surface area contributed by atoms with Gasteiger partial charge in [0.15, 0.2) is 5.69 Å². The van der Waals surface area contributed by atoms with Crippen LogP contribution in [0.25, 0.3) is 0 Å². The normalized spacial score (nSPS) is 10.6. The largest absolute Gasteiger partial charge is 0.497 e. The third-order valence-electron chi connectivity index (χ3n) is 6.30. The van der Waals surface area contributed by atoms with Gasteiger partial charge >= 0.3 is 23.6 Å². The van der Waals surface area contributed by atoms with Crippen LogP contribution in [0.4, 0.5) is 11.5 Å². The molecule has 1 heterocycles. The zero-order valence-corrected chi connectivity index (χ0v) is 24.2. The molecule has 0 saturated heterocycles. The zero-order valence-electron chi connectivity index (χ0n) is 24.2. The Hall–Kier alpha value is -4.94. The smallest absolute Gasteiger partial charge is 0.334 e. The van der Waals surface area contributed by atoms with E-state index in [0.29, 0.717) is 17.9 Å². The molecule has 0 N–H and O–H groups in total. The third-order valence-corrected chi connectivity index (χ3v) is 6.30.